The van der Waals surface area contributed by atoms with Crippen LogP contribution >= 0.6 is 27.3 Å². The minimum Gasteiger partial charge on any atom is -0.356 e. The number of aromatic nitrogens is 1. The minimum atomic E-state index is -3.71. The number of halogens is 1. The number of sulfonamides is 1. The molecule has 1 heterocycles. The maximum atomic E-state index is 13.1. The second kappa shape index (κ2) is 10.8. The van der Waals surface area contributed by atoms with Gasteiger partial charge in [-0.15, -0.1) is 11.3 Å². The molecule has 0 amide bonds. The average Bonchev–Trinajstić information content (AvgIpc) is 3.16. The van der Waals surface area contributed by atoms with Crippen molar-refractivity contribution in [2.24, 2.45) is 0 Å². The van der Waals surface area contributed by atoms with Crippen molar-refractivity contribution in [1.29, 1.82) is 0 Å². The molecular weight excluding hydrogens is 526 g/mol. The minimum absolute atomic E-state index is 0.0384. The molecule has 1 atom stereocenters. The topological polar surface area (TPSA) is 101 Å². The summed E-state index contributed by atoms with van der Waals surface area (Å²) < 4.78 is 35.0. The zero-order chi connectivity index (χ0) is 24.4. The molecule has 1 aromatic carbocycles. The van der Waals surface area contributed by atoms with Crippen LogP contribution in [0.1, 0.15) is 71.2 Å². The highest BCUT2D eigenvalue weighted by Gasteiger charge is 2.28. The van der Waals surface area contributed by atoms with E-state index in [0.29, 0.717) is 16.0 Å². The van der Waals surface area contributed by atoms with Gasteiger partial charge in [-0.25, -0.2) is 18.1 Å². The van der Waals surface area contributed by atoms with Crippen molar-refractivity contribution in [3.8, 4) is 10.4 Å². The van der Waals surface area contributed by atoms with Crippen LogP contribution in [0, 0.1) is 0 Å². The van der Waals surface area contributed by atoms with E-state index in [4.69, 9.17) is 4.74 Å². The molecule has 7 nitrogen and oxygen atoms in total. The molecular formula is C23H34BrN3O4S2. The molecule has 0 aliphatic heterocycles. The Kier molecular flexibility index (Phi) is 8.75. The molecule has 0 bridgehead atoms. The van der Waals surface area contributed by atoms with Crippen molar-refractivity contribution in [3.63, 3.8) is 0 Å². The largest absolute Gasteiger partial charge is 0.356 e. The molecule has 3 N–H and O–H groups in total. The lowest BCUT2D eigenvalue weighted by molar-refractivity contribution is -0.150. The number of thiazole rings is 1. The van der Waals surface area contributed by atoms with Crippen molar-refractivity contribution in [2.75, 3.05) is 0 Å². The van der Waals surface area contributed by atoms with Crippen molar-refractivity contribution < 1.29 is 18.3 Å². The molecule has 1 aromatic heterocycles. The predicted octanol–water partition coefficient (Wildman–Crippen LogP) is 4.97. The van der Waals surface area contributed by atoms with E-state index in [1.54, 1.807) is 23.6 Å². The SMILES string of the molecule is CC(C)OC(O)NC1CCC(c2ncc(-c3ccc(Br)cc3S(=O)(=O)NC(C)(C)C)s2)CC1. The van der Waals surface area contributed by atoms with Gasteiger partial charge in [0.2, 0.25) is 16.4 Å². The summed E-state index contributed by atoms with van der Waals surface area (Å²) in [7, 11) is -3.71. The van der Waals surface area contributed by atoms with Crippen LogP contribution in [0.15, 0.2) is 33.8 Å². The van der Waals surface area contributed by atoms with Crippen molar-refractivity contribution in [1.82, 2.24) is 15.0 Å². The number of ether oxygens (including phenoxy) is 1. The lowest BCUT2D eigenvalue weighted by Gasteiger charge is -2.30. The third-order valence-corrected chi connectivity index (χ3v) is 8.80. The summed E-state index contributed by atoms with van der Waals surface area (Å²) in [6, 6.07) is 5.53. The fraction of sp³-hybridized carbons (Fsp3) is 0.609. The van der Waals surface area contributed by atoms with E-state index < -0.39 is 22.0 Å². The van der Waals surface area contributed by atoms with Crippen LogP contribution in [-0.4, -0.2) is 42.6 Å². The molecule has 0 spiro atoms. The summed E-state index contributed by atoms with van der Waals surface area (Å²) in [5.74, 6) is 0.327. The molecule has 10 heteroatoms. The molecule has 184 valence electrons. The number of hydrogen-bond acceptors (Lipinski definition) is 7. The fourth-order valence-corrected chi connectivity index (χ4v) is 7.36. The molecule has 3 rings (SSSR count). The number of aliphatic hydroxyl groups is 1. The number of nitrogens with zero attached hydrogens (tertiary/aromatic N) is 1. The van der Waals surface area contributed by atoms with E-state index in [1.807, 2.05) is 46.8 Å². The third kappa shape index (κ3) is 7.55. The van der Waals surface area contributed by atoms with Gasteiger partial charge in [-0.1, -0.05) is 22.0 Å². The van der Waals surface area contributed by atoms with Gasteiger partial charge in [0, 0.05) is 33.7 Å². The molecule has 0 saturated heterocycles. The normalized spacial score (nSPS) is 20.8. The average molecular weight is 561 g/mol. The van der Waals surface area contributed by atoms with Crippen LogP contribution in [0.3, 0.4) is 0 Å². The third-order valence-electron chi connectivity index (χ3n) is 5.32. The van der Waals surface area contributed by atoms with E-state index >= 15 is 0 Å². The fourth-order valence-electron chi connectivity index (χ4n) is 3.99. The van der Waals surface area contributed by atoms with E-state index in [-0.39, 0.29) is 17.0 Å². The monoisotopic (exact) mass is 559 g/mol. The Morgan fingerprint density at radius 2 is 1.88 bits per heavy atom. The van der Waals surface area contributed by atoms with Crippen LogP contribution in [0.4, 0.5) is 0 Å². The second-order valence-electron chi connectivity index (χ2n) is 9.81. The molecule has 1 saturated carbocycles. The zero-order valence-electron chi connectivity index (χ0n) is 19.8. The summed E-state index contributed by atoms with van der Waals surface area (Å²) in [6.45, 7) is 9.26. The summed E-state index contributed by atoms with van der Waals surface area (Å²) in [5, 5.41) is 14.1. The first-order valence-corrected chi connectivity index (χ1v) is 14.3. The van der Waals surface area contributed by atoms with Crippen LogP contribution in [0.2, 0.25) is 0 Å². The van der Waals surface area contributed by atoms with Crippen LogP contribution < -0.4 is 10.0 Å². The highest BCUT2D eigenvalue weighted by Crippen LogP contribution is 2.40. The second-order valence-corrected chi connectivity index (χ2v) is 13.4. The lowest BCUT2D eigenvalue weighted by atomic mass is 9.86. The number of rotatable bonds is 8. The quantitative estimate of drug-likeness (QED) is 0.395. The molecule has 1 aliphatic rings. The highest BCUT2D eigenvalue weighted by atomic mass is 79.9. The Hall–Kier alpha value is -0.880. The predicted molar refractivity (Wildman–Crippen MR) is 136 cm³/mol. The van der Waals surface area contributed by atoms with Gasteiger partial charge in [-0.3, -0.25) is 5.32 Å². The number of aliphatic hydroxyl groups excluding tert-OH is 1. The summed E-state index contributed by atoms with van der Waals surface area (Å²) in [6.07, 6.45) is 4.55. The Labute approximate surface area is 209 Å². The first-order chi connectivity index (χ1) is 15.3. The molecule has 1 aliphatic carbocycles. The smallest absolute Gasteiger partial charge is 0.241 e. The number of hydrogen-bond donors (Lipinski definition) is 3. The van der Waals surface area contributed by atoms with Crippen molar-refractivity contribution in [2.45, 2.75) is 95.2 Å². The van der Waals surface area contributed by atoms with Gasteiger partial charge >= 0.3 is 0 Å². The molecule has 2 aromatic rings. The van der Waals surface area contributed by atoms with Crippen LogP contribution in [-0.2, 0) is 14.8 Å². The van der Waals surface area contributed by atoms with Gasteiger partial charge < -0.3 is 9.84 Å². The van der Waals surface area contributed by atoms with Crippen molar-refractivity contribution in [3.05, 3.63) is 33.9 Å². The van der Waals surface area contributed by atoms with Gasteiger partial charge in [0.1, 0.15) is 0 Å². The molecule has 33 heavy (non-hydrogen) atoms. The first kappa shape index (κ1) is 26.7. The molecule has 1 fully saturated rings. The van der Waals surface area contributed by atoms with Gasteiger partial charge in [0.05, 0.1) is 20.9 Å². The molecule has 1 unspecified atom stereocenters. The summed E-state index contributed by atoms with van der Waals surface area (Å²) in [5.41, 5.74) is 0.0700. The maximum absolute atomic E-state index is 13.1. The van der Waals surface area contributed by atoms with Crippen LogP contribution in [0.25, 0.3) is 10.4 Å². The van der Waals surface area contributed by atoms with E-state index in [9.17, 15) is 13.5 Å². The number of nitrogens with one attached hydrogen (secondary N) is 2. The lowest BCUT2D eigenvalue weighted by Crippen LogP contribution is -2.42. The first-order valence-electron chi connectivity index (χ1n) is 11.2. The van der Waals surface area contributed by atoms with E-state index in [1.165, 1.54) is 0 Å². The van der Waals surface area contributed by atoms with E-state index in [2.05, 4.69) is 31.0 Å². The summed E-state index contributed by atoms with van der Waals surface area (Å²) >= 11 is 4.96. The zero-order valence-corrected chi connectivity index (χ0v) is 23.0. The van der Waals surface area contributed by atoms with Crippen LogP contribution in [0.5, 0.6) is 0 Å². The Morgan fingerprint density at radius 3 is 2.48 bits per heavy atom. The van der Waals surface area contributed by atoms with Gasteiger partial charge in [0.25, 0.3) is 0 Å². The Morgan fingerprint density at radius 1 is 1.21 bits per heavy atom. The number of benzene rings is 1. The van der Waals surface area contributed by atoms with Gasteiger partial charge in [-0.05, 0) is 72.4 Å². The summed E-state index contributed by atoms with van der Waals surface area (Å²) in [4.78, 5) is 5.74. The Balaban J connectivity index is 1.74. The Bertz CT molecular complexity index is 1040. The molecule has 0 radical (unpaired) electrons. The van der Waals surface area contributed by atoms with E-state index in [0.717, 1.165) is 35.6 Å². The maximum Gasteiger partial charge on any atom is 0.241 e. The van der Waals surface area contributed by atoms with Crippen molar-refractivity contribution >= 4 is 37.3 Å². The highest BCUT2D eigenvalue weighted by molar-refractivity contribution is 9.10. The standard InChI is InChI=1S/C23H34BrN3O4S2/c1-14(2)31-22(28)26-17-9-6-15(7-10-17)21-25-13-19(32-21)18-11-8-16(24)12-20(18)33(29,30)27-23(3,4)5/h8,11-15,17,22,26-28H,6-7,9-10H2,1-5H3. The van der Waals surface area contributed by atoms with Gasteiger partial charge in [0.15, 0.2) is 0 Å². The van der Waals surface area contributed by atoms with Gasteiger partial charge in [-0.2, -0.15) is 0 Å².